The van der Waals surface area contributed by atoms with Crippen molar-refractivity contribution in [3.8, 4) is 11.3 Å². The molecule has 24 heavy (non-hydrogen) atoms. The third-order valence-electron chi connectivity index (χ3n) is 3.17. The Balaban J connectivity index is 1.92. The highest BCUT2D eigenvalue weighted by Gasteiger charge is 2.20. The van der Waals surface area contributed by atoms with Crippen LogP contribution in [-0.2, 0) is 10.0 Å². The van der Waals surface area contributed by atoms with Crippen LogP contribution in [0.4, 0.5) is 14.6 Å². The van der Waals surface area contributed by atoms with Crippen LogP contribution in [0.1, 0.15) is 0 Å². The van der Waals surface area contributed by atoms with Gasteiger partial charge in [-0.15, -0.1) is 0 Å². The van der Waals surface area contributed by atoms with Crippen LogP contribution >= 0.6 is 11.6 Å². The van der Waals surface area contributed by atoms with E-state index in [9.17, 15) is 17.2 Å². The number of hydrogen-bond donors (Lipinski definition) is 2. The van der Waals surface area contributed by atoms with E-state index in [0.29, 0.717) is 0 Å². The van der Waals surface area contributed by atoms with E-state index in [1.807, 2.05) is 4.72 Å². The van der Waals surface area contributed by atoms with Gasteiger partial charge in [-0.25, -0.2) is 22.2 Å². The van der Waals surface area contributed by atoms with Crippen LogP contribution in [0.2, 0.25) is 5.02 Å². The van der Waals surface area contributed by atoms with Gasteiger partial charge in [0.2, 0.25) is 0 Å². The first kappa shape index (κ1) is 16.4. The fourth-order valence-corrected chi connectivity index (χ4v) is 3.19. The van der Waals surface area contributed by atoms with Gasteiger partial charge in [-0.2, -0.15) is 0 Å². The molecule has 2 N–H and O–H groups in total. The summed E-state index contributed by atoms with van der Waals surface area (Å²) in [7, 11) is -4.10. The van der Waals surface area contributed by atoms with E-state index in [0.717, 1.165) is 12.3 Å². The van der Waals surface area contributed by atoms with E-state index in [-0.39, 0.29) is 21.2 Å². The molecule has 0 saturated carbocycles. The molecule has 0 amide bonds. The maximum atomic E-state index is 13.8. The first-order chi connectivity index (χ1) is 11.4. The Morgan fingerprint density at radius 3 is 2.58 bits per heavy atom. The molecular weight excluding hydrogens is 360 g/mol. The lowest BCUT2D eigenvalue weighted by atomic mass is 10.1. The molecule has 0 fully saturated rings. The number of hydrogen-bond acceptors (Lipinski definition) is 3. The average Bonchev–Trinajstić information content (AvgIpc) is 3.01. The summed E-state index contributed by atoms with van der Waals surface area (Å²) in [5, 5.41) is 0.0407. The number of nitrogens with one attached hydrogen (secondary N) is 2. The van der Waals surface area contributed by atoms with Crippen LogP contribution in [0, 0.1) is 11.6 Å². The van der Waals surface area contributed by atoms with Gasteiger partial charge in [-0.3, -0.25) is 4.72 Å². The zero-order valence-electron chi connectivity index (χ0n) is 11.9. The second-order valence-corrected chi connectivity index (χ2v) is 6.94. The number of sulfonamides is 1. The van der Waals surface area contributed by atoms with Crippen LogP contribution in [-0.4, -0.2) is 18.4 Å². The van der Waals surface area contributed by atoms with Gasteiger partial charge in [0.1, 0.15) is 10.7 Å². The minimum absolute atomic E-state index is 0.0407. The third kappa shape index (κ3) is 3.24. The van der Waals surface area contributed by atoms with Crippen molar-refractivity contribution in [3.63, 3.8) is 0 Å². The molecule has 0 unspecified atom stereocenters. The van der Waals surface area contributed by atoms with Crippen LogP contribution in [0.3, 0.4) is 0 Å². The van der Waals surface area contributed by atoms with Crippen molar-refractivity contribution in [2.45, 2.75) is 4.90 Å². The Kier molecular flexibility index (Phi) is 4.25. The average molecular weight is 370 g/mol. The van der Waals surface area contributed by atoms with Crippen LogP contribution < -0.4 is 4.72 Å². The Morgan fingerprint density at radius 2 is 1.88 bits per heavy atom. The summed E-state index contributed by atoms with van der Waals surface area (Å²) in [5.41, 5.74) is 0.493. The largest absolute Gasteiger partial charge is 0.360 e. The van der Waals surface area contributed by atoms with Crippen molar-refractivity contribution in [2.75, 3.05) is 4.72 Å². The fourth-order valence-electron chi connectivity index (χ4n) is 2.04. The molecule has 3 aromatic rings. The SMILES string of the molecule is O=S(=O)(Nc1ncc(Cl)cc1F)c1c[nH]c(-c2ccccc2F)c1. The Labute approximate surface area is 141 Å². The zero-order valence-corrected chi connectivity index (χ0v) is 13.5. The van der Waals surface area contributed by atoms with Gasteiger partial charge >= 0.3 is 0 Å². The molecule has 0 spiro atoms. The summed E-state index contributed by atoms with van der Waals surface area (Å²) in [4.78, 5) is 6.10. The highest BCUT2D eigenvalue weighted by atomic mass is 35.5. The number of benzene rings is 1. The molecule has 2 heterocycles. The molecule has 0 aliphatic carbocycles. The summed E-state index contributed by atoms with van der Waals surface area (Å²) < 4.78 is 54.1. The molecule has 0 saturated heterocycles. The Hall–Kier alpha value is -2.45. The molecule has 2 aromatic heterocycles. The lowest BCUT2D eigenvalue weighted by Gasteiger charge is -2.06. The molecule has 0 aliphatic heterocycles. The predicted molar refractivity (Wildman–Crippen MR) is 86.2 cm³/mol. The van der Waals surface area contributed by atoms with Crippen molar-refractivity contribution in [1.29, 1.82) is 0 Å². The number of halogens is 3. The molecule has 9 heteroatoms. The first-order valence-corrected chi connectivity index (χ1v) is 8.50. The van der Waals surface area contributed by atoms with E-state index >= 15 is 0 Å². The van der Waals surface area contributed by atoms with Gasteiger partial charge in [-0.1, -0.05) is 23.7 Å². The summed E-state index contributed by atoms with van der Waals surface area (Å²) >= 11 is 5.57. The molecule has 0 aliphatic rings. The van der Waals surface area contributed by atoms with E-state index < -0.39 is 27.5 Å². The molecule has 5 nitrogen and oxygen atoms in total. The van der Waals surface area contributed by atoms with E-state index in [1.54, 1.807) is 6.07 Å². The van der Waals surface area contributed by atoms with Crippen LogP contribution in [0.5, 0.6) is 0 Å². The monoisotopic (exact) mass is 369 g/mol. The summed E-state index contributed by atoms with van der Waals surface area (Å²) in [6, 6.07) is 8.10. The molecule has 1 aromatic carbocycles. The number of H-pyrrole nitrogens is 1. The second-order valence-electron chi connectivity index (χ2n) is 4.82. The number of rotatable bonds is 4. The van der Waals surface area contributed by atoms with Gasteiger partial charge in [0.05, 0.1) is 5.02 Å². The maximum Gasteiger partial charge on any atom is 0.264 e. The molecule has 3 rings (SSSR count). The first-order valence-electron chi connectivity index (χ1n) is 6.64. The number of nitrogens with zero attached hydrogens (tertiary/aromatic N) is 1. The van der Waals surface area contributed by atoms with Crippen molar-refractivity contribution in [3.05, 3.63) is 65.4 Å². The van der Waals surface area contributed by atoms with Gasteiger partial charge in [0.25, 0.3) is 10.0 Å². The van der Waals surface area contributed by atoms with Gasteiger partial charge in [0, 0.05) is 23.7 Å². The zero-order chi connectivity index (χ0) is 17.3. The highest BCUT2D eigenvalue weighted by molar-refractivity contribution is 7.92. The van der Waals surface area contributed by atoms with Crippen molar-refractivity contribution in [2.24, 2.45) is 0 Å². The smallest absolute Gasteiger partial charge is 0.264 e. The van der Waals surface area contributed by atoms with Crippen molar-refractivity contribution < 1.29 is 17.2 Å². The fraction of sp³-hybridized carbons (Fsp3) is 0. The third-order valence-corrected chi connectivity index (χ3v) is 4.69. The molecule has 0 radical (unpaired) electrons. The van der Waals surface area contributed by atoms with Gasteiger partial charge < -0.3 is 4.98 Å². The molecule has 124 valence electrons. The lowest BCUT2D eigenvalue weighted by Crippen LogP contribution is -2.14. The molecule has 0 bridgehead atoms. The Bertz CT molecular complexity index is 1010. The number of aromatic amines is 1. The summed E-state index contributed by atoms with van der Waals surface area (Å²) in [6.07, 6.45) is 2.29. The van der Waals surface area contributed by atoms with Gasteiger partial charge in [-0.05, 0) is 24.3 Å². The van der Waals surface area contributed by atoms with Crippen molar-refractivity contribution >= 4 is 27.4 Å². The standard InChI is InChI=1S/C15H10ClF2N3O2S/c16-9-5-13(18)15(20-7-9)21-24(22,23)10-6-14(19-8-10)11-3-1-2-4-12(11)17/h1-8,19H,(H,20,21). The van der Waals surface area contributed by atoms with Crippen LogP contribution in [0.15, 0.2) is 53.7 Å². The van der Waals surface area contributed by atoms with E-state index in [1.165, 1.54) is 30.5 Å². The molecular formula is C15H10ClF2N3O2S. The Morgan fingerprint density at radius 1 is 1.12 bits per heavy atom. The summed E-state index contributed by atoms with van der Waals surface area (Å²) in [5.74, 6) is -1.88. The van der Waals surface area contributed by atoms with E-state index in [4.69, 9.17) is 11.6 Å². The maximum absolute atomic E-state index is 13.8. The minimum atomic E-state index is -4.10. The quantitative estimate of drug-likeness (QED) is 0.734. The molecule has 0 atom stereocenters. The number of anilines is 1. The van der Waals surface area contributed by atoms with Crippen LogP contribution in [0.25, 0.3) is 11.3 Å². The predicted octanol–water partition coefficient (Wildman–Crippen LogP) is 3.81. The lowest BCUT2D eigenvalue weighted by molar-refractivity contribution is 0.597. The topological polar surface area (TPSA) is 74.8 Å². The van der Waals surface area contributed by atoms with E-state index in [2.05, 4.69) is 9.97 Å². The highest BCUT2D eigenvalue weighted by Crippen LogP contribution is 2.25. The van der Waals surface area contributed by atoms with Gasteiger partial charge in [0.15, 0.2) is 11.6 Å². The number of pyridine rings is 1. The number of aromatic nitrogens is 2. The van der Waals surface area contributed by atoms with Crippen molar-refractivity contribution in [1.82, 2.24) is 9.97 Å². The minimum Gasteiger partial charge on any atom is -0.360 e. The second kappa shape index (κ2) is 6.21. The normalized spacial score (nSPS) is 11.5. The summed E-state index contributed by atoms with van der Waals surface area (Å²) in [6.45, 7) is 0.